The average molecular weight is 242 g/mol. The van der Waals surface area contributed by atoms with Gasteiger partial charge in [-0.05, 0) is 27.7 Å². The van der Waals surface area contributed by atoms with Crippen molar-refractivity contribution in [2.75, 3.05) is 13.7 Å². The number of hydrogen-bond acceptors (Lipinski definition) is 4. The fraction of sp³-hybridized carbons (Fsp3) is 1.00. The quantitative estimate of drug-likeness (QED) is 0.654. The van der Waals surface area contributed by atoms with E-state index in [2.05, 4.69) is 0 Å². The van der Waals surface area contributed by atoms with Crippen LogP contribution >= 0.6 is 0 Å². The zero-order chi connectivity index (χ0) is 13.0. The molecule has 98 valence electrons. The van der Waals surface area contributed by atoms with E-state index in [9.17, 15) is 0 Å². The maximum Gasteiger partial charge on any atom is 0.113 e. The monoisotopic (exact) mass is 242 g/mol. The SMILES string of the molecule is [B][C@@H]1O[C@H](COC(C)C)C(OC)C1OC(C)C. The molecule has 5 heteroatoms. The highest BCUT2D eigenvalue weighted by Crippen LogP contribution is 2.26. The molecule has 17 heavy (non-hydrogen) atoms. The van der Waals surface area contributed by atoms with Gasteiger partial charge in [0, 0.05) is 13.1 Å². The Kier molecular flexibility index (Phi) is 5.93. The number of hydrogen-bond donors (Lipinski definition) is 0. The minimum absolute atomic E-state index is 0.0945. The molecule has 1 rings (SSSR count). The molecule has 0 aliphatic carbocycles. The third-order valence-corrected chi connectivity index (χ3v) is 2.64. The first kappa shape index (κ1) is 15.0. The molecule has 0 aromatic carbocycles. The third kappa shape index (κ3) is 4.25. The minimum atomic E-state index is -0.455. The molecule has 0 saturated carbocycles. The molecular weight excluding hydrogens is 219 g/mol. The third-order valence-electron chi connectivity index (χ3n) is 2.64. The van der Waals surface area contributed by atoms with Crippen LogP contribution in [0.3, 0.4) is 0 Å². The summed E-state index contributed by atoms with van der Waals surface area (Å²) in [5.74, 6) is 0. The van der Waals surface area contributed by atoms with Crippen LogP contribution in [0.2, 0.25) is 0 Å². The molecule has 0 bridgehead atoms. The van der Waals surface area contributed by atoms with Gasteiger partial charge in [-0.25, -0.2) is 0 Å². The maximum atomic E-state index is 5.91. The Morgan fingerprint density at radius 3 is 2.24 bits per heavy atom. The Morgan fingerprint density at radius 2 is 1.76 bits per heavy atom. The maximum absolute atomic E-state index is 5.91. The fourth-order valence-electron chi connectivity index (χ4n) is 1.93. The zero-order valence-electron chi connectivity index (χ0n) is 11.4. The second kappa shape index (κ2) is 6.73. The lowest BCUT2D eigenvalue weighted by Crippen LogP contribution is -2.40. The highest BCUT2D eigenvalue weighted by Gasteiger charge is 2.43. The molecular formula is C12H23BO4. The summed E-state index contributed by atoms with van der Waals surface area (Å²) in [6.45, 7) is 8.38. The topological polar surface area (TPSA) is 36.9 Å². The first-order valence-corrected chi connectivity index (χ1v) is 6.16. The largest absolute Gasteiger partial charge is 0.377 e. The van der Waals surface area contributed by atoms with Crippen molar-refractivity contribution in [1.29, 1.82) is 0 Å². The van der Waals surface area contributed by atoms with Crippen LogP contribution in [0, 0.1) is 0 Å². The molecule has 0 aromatic heterocycles. The van der Waals surface area contributed by atoms with Crippen molar-refractivity contribution >= 4 is 7.85 Å². The van der Waals surface area contributed by atoms with Gasteiger partial charge in [0.2, 0.25) is 0 Å². The lowest BCUT2D eigenvalue weighted by molar-refractivity contribution is -0.0796. The Morgan fingerprint density at radius 1 is 1.12 bits per heavy atom. The van der Waals surface area contributed by atoms with E-state index in [0.717, 1.165) is 0 Å². The molecule has 1 aliphatic heterocycles. The standard InChI is InChI=1S/C12H23BO4/c1-7(2)15-6-9-10(14-5)11(12(13)17-9)16-8(3)4/h7-12H,6H2,1-5H3/t9-,10?,11?,12-/m1/s1. The Hall–Kier alpha value is -0.0951. The molecule has 1 fully saturated rings. The van der Waals surface area contributed by atoms with E-state index >= 15 is 0 Å². The molecule has 1 saturated heterocycles. The lowest BCUT2D eigenvalue weighted by atomic mass is 9.92. The molecule has 4 atom stereocenters. The summed E-state index contributed by atoms with van der Waals surface area (Å²) in [7, 11) is 7.55. The number of ether oxygens (including phenoxy) is 4. The van der Waals surface area contributed by atoms with Crippen molar-refractivity contribution in [2.24, 2.45) is 0 Å². The first-order valence-electron chi connectivity index (χ1n) is 6.16. The van der Waals surface area contributed by atoms with E-state index in [4.69, 9.17) is 26.8 Å². The predicted octanol–water partition coefficient (Wildman–Crippen LogP) is 1.11. The van der Waals surface area contributed by atoms with Gasteiger partial charge in [0.25, 0.3) is 0 Å². The minimum Gasteiger partial charge on any atom is -0.377 e. The van der Waals surface area contributed by atoms with Crippen LogP contribution in [0.1, 0.15) is 27.7 Å². The second-order valence-corrected chi connectivity index (χ2v) is 4.87. The summed E-state index contributed by atoms with van der Waals surface area (Å²) >= 11 is 0. The summed E-state index contributed by atoms with van der Waals surface area (Å²) in [6.07, 6.45) is -0.317. The highest BCUT2D eigenvalue weighted by molar-refractivity contribution is 6.11. The van der Waals surface area contributed by atoms with E-state index in [0.29, 0.717) is 6.61 Å². The van der Waals surface area contributed by atoms with E-state index in [1.54, 1.807) is 7.11 Å². The van der Waals surface area contributed by atoms with E-state index in [-0.39, 0.29) is 30.5 Å². The van der Waals surface area contributed by atoms with Crippen LogP contribution in [-0.4, -0.2) is 58.1 Å². The van der Waals surface area contributed by atoms with Crippen molar-refractivity contribution in [3.63, 3.8) is 0 Å². The second-order valence-electron chi connectivity index (χ2n) is 4.87. The molecule has 2 unspecified atom stereocenters. The molecule has 2 radical (unpaired) electrons. The van der Waals surface area contributed by atoms with Gasteiger partial charge in [0.05, 0.1) is 18.8 Å². The van der Waals surface area contributed by atoms with E-state index in [1.807, 2.05) is 27.7 Å². The first-order chi connectivity index (χ1) is 7.95. The van der Waals surface area contributed by atoms with Crippen LogP contribution in [-0.2, 0) is 18.9 Å². The summed E-state index contributed by atoms with van der Waals surface area (Å²) in [5.41, 5.74) is 0. The zero-order valence-corrected chi connectivity index (χ0v) is 11.4. The van der Waals surface area contributed by atoms with Crippen LogP contribution in [0.5, 0.6) is 0 Å². The van der Waals surface area contributed by atoms with Gasteiger partial charge in [-0.3, -0.25) is 0 Å². The fourth-order valence-corrected chi connectivity index (χ4v) is 1.93. The Balaban J connectivity index is 2.56. The Bertz CT molecular complexity index is 223. The molecule has 0 aromatic rings. The van der Waals surface area contributed by atoms with Crippen LogP contribution < -0.4 is 0 Å². The summed E-state index contributed by atoms with van der Waals surface area (Å²) < 4.78 is 22.3. The van der Waals surface area contributed by atoms with Crippen molar-refractivity contribution < 1.29 is 18.9 Å². The number of methoxy groups -OCH3 is 1. The normalized spacial score (nSPS) is 33.8. The van der Waals surface area contributed by atoms with Gasteiger partial charge >= 0.3 is 0 Å². The van der Waals surface area contributed by atoms with Gasteiger partial charge in [0.1, 0.15) is 26.2 Å². The summed E-state index contributed by atoms with van der Waals surface area (Å²) in [4.78, 5) is 0. The van der Waals surface area contributed by atoms with Gasteiger partial charge < -0.3 is 18.9 Å². The molecule has 0 amide bonds. The molecule has 1 heterocycles. The van der Waals surface area contributed by atoms with Crippen molar-refractivity contribution in [3.8, 4) is 0 Å². The molecule has 0 N–H and O–H groups in total. The summed E-state index contributed by atoms with van der Waals surface area (Å²) in [5, 5.41) is 0. The van der Waals surface area contributed by atoms with Crippen LogP contribution in [0.25, 0.3) is 0 Å². The molecule has 1 aliphatic rings. The van der Waals surface area contributed by atoms with Gasteiger partial charge in [-0.1, -0.05) is 0 Å². The molecule has 0 spiro atoms. The van der Waals surface area contributed by atoms with E-state index < -0.39 is 6.00 Å². The van der Waals surface area contributed by atoms with Crippen LogP contribution in [0.4, 0.5) is 0 Å². The van der Waals surface area contributed by atoms with Crippen molar-refractivity contribution in [2.45, 2.75) is 64.2 Å². The highest BCUT2D eigenvalue weighted by atomic mass is 16.6. The molecule has 4 nitrogen and oxygen atoms in total. The predicted molar refractivity (Wildman–Crippen MR) is 66.3 cm³/mol. The number of rotatable bonds is 6. The lowest BCUT2D eigenvalue weighted by Gasteiger charge is -2.24. The smallest absolute Gasteiger partial charge is 0.113 e. The van der Waals surface area contributed by atoms with Crippen LogP contribution in [0.15, 0.2) is 0 Å². The van der Waals surface area contributed by atoms with Gasteiger partial charge in [-0.15, -0.1) is 0 Å². The van der Waals surface area contributed by atoms with E-state index in [1.165, 1.54) is 0 Å². The van der Waals surface area contributed by atoms with Gasteiger partial charge in [0.15, 0.2) is 0 Å². The van der Waals surface area contributed by atoms with Gasteiger partial charge in [-0.2, -0.15) is 0 Å². The Labute approximate surface area is 105 Å². The van der Waals surface area contributed by atoms with Crippen molar-refractivity contribution in [1.82, 2.24) is 0 Å². The van der Waals surface area contributed by atoms with Crippen molar-refractivity contribution in [3.05, 3.63) is 0 Å². The summed E-state index contributed by atoms with van der Waals surface area (Å²) in [6, 6.07) is -0.455. The average Bonchev–Trinajstić information content (AvgIpc) is 2.51.